The fourth-order valence-corrected chi connectivity index (χ4v) is 3.48. The lowest BCUT2D eigenvalue weighted by atomic mass is 10.1. The Bertz CT molecular complexity index is 1350. The minimum atomic E-state index is -1.60. The molecule has 5 N–H and O–H groups in total. The van der Waals surface area contributed by atoms with Gasteiger partial charge in [0.1, 0.15) is 23.4 Å². The molecule has 12 heteroatoms. The Balaban J connectivity index is 1.62. The smallest absolute Gasteiger partial charge is 0.328 e. The first kappa shape index (κ1) is 27.1. The molecule has 0 fully saturated rings. The van der Waals surface area contributed by atoms with Gasteiger partial charge in [0.15, 0.2) is 0 Å². The lowest BCUT2D eigenvalue weighted by Crippen LogP contribution is -2.48. The Morgan fingerprint density at radius 1 is 0.838 bits per heavy atom. The molecular weight excluding hydrogens is 512 g/mol. The molecule has 0 saturated carbocycles. The predicted molar refractivity (Wildman–Crippen MR) is 128 cm³/mol. The number of hydrogen-bond donors (Lipinski definition) is 5. The molecule has 0 unspecified atom stereocenters. The normalized spacial score (nSPS) is 11.3. The fraction of sp³-hybridized carbons (Fsp3) is 0.120. The van der Waals surface area contributed by atoms with Gasteiger partial charge in [-0.25, -0.2) is 13.6 Å². The molecule has 3 amide bonds. The van der Waals surface area contributed by atoms with Crippen molar-refractivity contribution in [3.8, 4) is 5.75 Å². The summed E-state index contributed by atoms with van der Waals surface area (Å²) in [5.74, 6) is -5.76. The molecule has 1 atom stereocenters. The maximum Gasteiger partial charge on any atom is 0.328 e. The van der Waals surface area contributed by atoms with Crippen LogP contribution in [0.4, 0.5) is 8.78 Å². The van der Waals surface area contributed by atoms with Gasteiger partial charge in [0.2, 0.25) is 0 Å². The molecule has 9 nitrogen and oxygen atoms in total. The number of phenols is 1. The molecule has 3 aromatic rings. The van der Waals surface area contributed by atoms with E-state index in [1.165, 1.54) is 30.3 Å². The second-order valence-electron chi connectivity index (χ2n) is 7.78. The van der Waals surface area contributed by atoms with Crippen molar-refractivity contribution in [1.29, 1.82) is 0 Å². The molecule has 0 heterocycles. The standard InChI is InChI=1S/C25H20ClF2N3O6/c26-20-9-14(22(33)29-11-13-2-1-3-18(32)6-13)4-5-19(20)24(35)31-21(25(36)37)12-30-23(34)15-7-16(27)10-17(28)8-15/h1-10,21,32H,11-12H2,(H,29,33)(H,30,34)(H,31,35)(H,36,37)/t21-/m0/s1. The summed E-state index contributed by atoms with van der Waals surface area (Å²) in [4.78, 5) is 48.7. The van der Waals surface area contributed by atoms with Gasteiger partial charge in [0.25, 0.3) is 17.7 Å². The number of aromatic hydroxyl groups is 1. The number of phenolic OH excluding ortho intramolecular Hbond substituents is 1. The van der Waals surface area contributed by atoms with Crippen molar-refractivity contribution < 1.29 is 38.2 Å². The van der Waals surface area contributed by atoms with E-state index in [0.717, 1.165) is 12.1 Å². The van der Waals surface area contributed by atoms with Crippen molar-refractivity contribution in [3.05, 3.63) is 99.6 Å². The molecule has 3 aromatic carbocycles. The number of hydrogen-bond acceptors (Lipinski definition) is 5. The van der Waals surface area contributed by atoms with Gasteiger partial charge in [0.05, 0.1) is 10.6 Å². The summed E-state index contributed by atoms with van der Waals surface area (Å²) < 4.78 is 26.6. The number of carboxylic acid groups (broad SMARTS) is 1. The highest BCUT2D eigenvalue weighted by Crippen LogP contribution is 2.19. The van der Waals surface area contributed by atoms with Gasteiger partial charge in [-0.3, -0.25) is 14.4 Å². The number of nitrogens with one attached hydrogen (secondary N) is 3. The van der Waals surface area contributed by atoms with E-state index in [9.17, 15) is 38.2 Å². The lowest BCUT2D eigenvalue weighted by Gasteiger charge is -2.16. The molecule has 0 aliphatic rings. The minimum Gasteiger partial charge on any atom is -0.508 e. The molecule has 0 radical (unpaired) electrons. The zero-order valence-electron chi connectivity index (χ0n) is 18.9. The van der Waals surface area contributed by atoms with E-state index >= 15 is 0 Å². The first-order valence-electron chi connectivity index (χ1n) is 10.7. The third-order valence-corrected chi connectivity index (χ3v) is 5.35. The van der Waals surface area contributed by atoms with Crippen LogP contribution < -0.4 is 16.0 Å². The fourth-order valence-electron chi connectivity index (χ4n) is 3.21. The minimum absolute atomic E-state index is 0.0484. The SMILES string of the molecule is O=C(NCc1cccc(O)c1)c1ccc(C(=O)N[C@@H](CNC(=O)c2cc(F)cc(F)c2)C(=O)O)c(Cl)c1. The number of carbonyl (C=O) groups is 4. The molecule has 192 valence electrons. The van der Waals surface area contributed by atoms with Crippen LogP contribution in [-0.4, -0.2) is 46.5 Å². The Morgan fingerprint density at radius 2 is 1.51 bits per heavy atom. The van der Waals surface area contributed by atoms with E-state index in [1.54, 1.807) is 12.1 Å². The molecule has 3 rings (SSSR count). The lowest BCUT2D eigenvalue weighted by molar-refractivity contribution is -0.139. The number of carboxylic acids is 1. The summed E-state index contributed by atoms with van der Waals surface area (Å²) in [5, 5.41) is 25.8. The topological polar surface area (TPSA) is 145 Å². The zero-order chi connectivity index (χ0) is 27.1. The number of benzene rings is 3. The van der Waals surface area contributed by atoms with Gasteiger partial charge in [-0.2, -0.15) is 0 Å². The van der Waals surface area contributed by atoms with Crippen LogP contribution in [0.15, 0.2) is 60.7 Å². The van der Waals surface area contributed by atoms with E-state index in [0.29, 0.717) is 11.6 Å². The largest absolute Gasteiger partial charge is 0.508 e. The highest BCUT2D eigenvalue weighted by Gasteiger charge is 2.23. The summed E-state index contributed by atoms with van der Waals surface area (Å²) in [6.07, 6.45) is 0. The highest BCUT2D eigenvalue weighted by atomic mass is 35.5. The Hall–Kier alpha value is -4.51. The maximum atomic E-state index is 13.3. The maximum absolute atomic E-state index is 13.3. The van der Waals surface area contributed by atoms with Crippen molar-refractivity contribution in [2.75, 3.05) is 6.54 Å². The van der Waals surface area contributed by atoms with Crippen LogP contribution in [0.5, 0.6) is 5.75 Å². The van der Waals surface area contributed by atoms with E-state index in [1.807, 2.05) is 0 Å². The van der Waals surface area contributed by atoms with E-state index in [4.69, 9.17) is 11.6 Å². The van der Waals surface area contributed by atoms with Crippen molar-refractivity contribution in [1.82, 2.24) is 16.0 Å². The van der Waals surface area contributed by atoms with Crippen molar-refractivity contribution in [3.63, 3.8) is 0 Å². The number of halogens is 3. The predicted octanol–water partition coefficient (Wildman–Crippen LogP) is 2.87. The number of carbonyl (C=O) groups excluding carboxylic acids is 3. The number of amides is 3. The molecule has 0 saturated heterocycles. The first-order valence-corrected chi connectivity index (χ1v) is 11.0. The second kappa shape index (κ2) is 12.0. The van der Waals surface area contributed by atoms with E-state index in [-0.39, 0.29) is 34.0 Å². The van der Waals surface area contributed by atoms with Crippen molar-refractivity contribution in [2.24, 2.45) is 0 Å². The molecule has 0 spiro atoms. The van der Waals surface area contributed by atoms with Crippen LogP contribution in [0, 0.1) is 11.6 Å². The van der Waals surface area contributed by atoms with Crippen molar-refractivity contribution in [2.45, 2.75) is 12.6 Å². The first-order chi connectivity index (χ1) is 17.5. The molecule has 0 aliphatic heterocycles. The van der Waals surface area contributed by atoms with Gasteiger partial charge in [-0.1, -0.05) is 23.7 Å². The molecular formula is C25H20ClF2N3O6. The van der Waals surface area contributed by atoms with Gasteiger partial charge in [-0.15, -0.1) is 0 Å². The van der Waals surface area contributed by atoms with Gasteiger partial charge >= 0.3 is 5.97 Å². The summed E-state index contributed by atoms with van der Waals surface area (Å²) in [6.45, 7) is -0.466. The molecule has 37 heavy (non-hydrogen) atoms. The van der Waals surface area contributed by atoms with Gasteiger partial charge < -0.3 is 26.2 Å². The molecule has 0 bridgehead atoms. The summed E-state index contributed by atoms with van der Waals surface area (Å²) in [7, 11) is 0. The van der Waals surface area contributed by atoms with Crippen LogP contribution in [0.3, 0.4) is 0 Å². The van der Waals surface area contributed by atoms with Crippen LogP contribution >= 0.6 is 11.6 Å². The quantitative estimate of drug-likeness (QED) is 0.287. The third kappa shape index (κ3) is 7.48. The highest BCUT2D eigenvalue weighted by molar-refractivity contribution is 6.34. The molecule has 0 aromatic heterocycles. The summed E-state index contributed by atoms with van der Waals surface area (Å²) >= 11 is 6.14. The van der Waals surface area contributed by atoms with Gasteiger partial charge in [0, 0.05) is 30.3 Å². The average Bonchev–Trinajstić information content (AvgIpc) is 2.83. The Kier molecular flexibility index (Phi) is 8.75. The third-order valence-electron chi connectivity index (χ3n) is 5.03. The van der Waals surface area contributed by atoms with E-state index in [2.05, 4.69) is 16.0 Å². The summed E-state index contributed by atoms with van der Waals surface area (Å²) in [5.41, 5.74) is 0.292. The average molecular weight is 532 g/mol. The monoisotopic (exact) mass is 531 g/mol. The van der Waals surface area contributed by atoms with Gasteiger partial charge in [-0.05, 0) is 48.0 Å². The zero-order valence-corrected chi connectivity index (χ0v) is 19.7. The van der Waals surface area contributed by atoms with Crippen LogP contribution in [0.2, 0.25) is 5.02 Å². The van der Waals surface area contributed by atoms with Crippen LogP contribution in [0.25, 0.3) is 0 Å². The molecule has 0 aliphatic carbocycles. The Labute approximate surface area is 214 Å². The second-order valence-corrected chi connectivity index (χ2v) is 8.19. The summed E-state index contributed by atoms with van der Waals surface area (Å²) in [6, 6.07) is 10.6. The number of aliphatic carboxylic acids is 1. The number of rotatable bonds is 9. The Morgan fingerprint density at radius 3 is 2.14 bits per heavy atom. The van der Waals surface area contributed by atoms with Crippen LogP contribution in [0.1, 0.15) is 36.6 Å². The van der Waals surface area contributed by atoms with Crippen LogP contribution in [-0.2, 0) is 11.3 Å². The van der Waals surface area contributed by atoms with E-state index < -0.39 is 47.9 Å². The van der Waals surface area contributed by atoms with Crippen molar-refractivity contribution >= 4 is 35.3 Å².